The zero-order valence-electron chi connectivity index (χ0n) is 10.9. The van der Waals surface area contributed by atoms with Crippen molar-refractivity contribution in [2.45, 2.75) is 38.7 Å². The molecule has 1 aromatic rings. The summed E-state index contributed by atoms with van der Waals surface area (Å²) in [6.45, 7) is 2.48. The molecule has 2 N–H and O–H groups in total. The van der Waals surface area contributed by atoms with Crippen molar-refractivity contribution in [2.75, 3.05) is 6.54 Å². The van der Waals surface area contributed by atoms with E-state index in [-0.39, 0.29) is 12.0 Å². The van der Waals surface area contributed by atoms with Crippen molar-refractivity contribution in [1.29, 1.82) is 0 Å². The number of hydrogen-bond donors (Lipinski definition) is 2. The molecule has 3 heteroatoms. The van der Waals surface area contributed by atoms with Crippen LogP contribution in [-0.4, -0.2) is 23.7 Å². The van der Waals surface area contributed by atoms with Gasteiger partial charge in [-0.25, -0.2) is 0 Å². The van der Waals surface area contributed by atoms with E-state index >= 15 is 0 Å². The van der Waals surface area contributed by atoms with Gasteiger partial charge in [-0.15, -0.1) is 0 Å². The molecular formula is C15H21NO2. The lowest BCUT2D eigenvalue weighted by Crippen LogP contribution is -2.34. The van der Waals surface area contributed by atoms with Gasteiger partial charge in [-0.05, 0) is 36.3 Å². The van der Waals surface area contributed by atoms with Gasteiger partial charge in [0.2, 0.25) is 5.91 Å². The normalized spacial score (nSPS) is 16.3. The standard InChI is InChI=1S/C15H21NO2/c1-2-11-5-3-4-6-13(11)9-15(18)16-10-14(17)12-7-8-12/h3-6,12,14,17H,2,7-10H2,1H3,(H,16,18)/t14-/m1/s1. The Balaban J connectivity index is 1.82. The molecule has 0 aliphatic heterocycles. The topological polar surface area (TPSA) is 49.3 Å². The van der Waals surface area contributed by atoms with E-state index in [0.717, 1.165) is 24.8 Å². The Bertz CT molecular complexity index is 413. The maximum atomic E-state index is 11.8. The van der Waals surface area contributed by atoms with Crippen molar-refractivity contribution in [3.05, 3.63) is 35.4 Å². The summed E-state index contributed by atoms with van der Waals surface area (Å²) in [7, 11) is 0. The summed E-state index contributed by atoms with van der Waals surface area (Å²) in [5.74, 6) is 0.406. The molecule has 0 heterocycles. The molecule has 1 aliphatic rings. The van der Waals surface area contributed by atoms with E-state index in [1.165, 1.54) is 5.56 Å². The Morgan fingerprint density at radius 1 is 1.39 bits per heavy atom. The summed E-state index contributed by atoms with van der Waals surface area (Å²) in [6, 6.07) is 8.01. The molecule has 0 spiro atoms. The number of hydrogen-bond acceptors (Lipinski definition) is 2. The minimum Gasteiger partial charge on any atom is -0.391 e. The number of benzene rings is 1. The molecule has 1 atom stereocenters. The molecule has 1 fully saturated rings. The van der Waals surface area contributed by atoms with Crippen LogP contribution in [-0.2, 0) is 17.6 Å². The van der Waals surface area contributed by atoms with E-state index in [4.69, 9.17) is 0 Å². The maximum Gasteiger partial charge on any atom is 0.224 e. The smallest absolute Gasteiger partial charge is 0.224 e. The molecule has 98 valence electrons. The van der Waals surface area contributed by atoms with Gasteiger partial charge in [-0.3, -0.25) is 4.79 Å². The van der Waals surface area contributed by atoms with Gasteiger partial charge in [0.1, 0.15) is 0 Å². The van der Waals surface area contributed by atoms with Gasteiger partial charge >= 0.3 is 0 Å². The van der Waals surface area contributed by atoms with Crippen LogP contribution in [0.25, 0.3) is 0 Å². The fourth-order valence-electron chi connectivity index (χ4n) is 2.18. The summed E-state index contributed by atoms with van der Waals surface area (Å²) in [5.41, 5.74) is 2.30. The van der Waals surface area contributed by atoms with Gasteiger partial charge in [0.05, 0.1) is 12.5 Å². The Labute approximate surface area is 108 Å². The highest BCUT2D eigenvalue weighted by Gasteiger charge is 2.29. The molecule has 1 aromatic carbocycles. The molecule has 1 aliphatic carbocycles. The molecule has 0 aromatic heterocycles. The zero-order valence-corrected chi connectivity index (χ0v) is 10.9. The monoisotopic (exact) mass is 247 g/mol. The second kappa shape index (κ2) is 6.01. The van der Waals surface area contributed by atoms with Crippen LogP contribution in [0.5, 0.6) is 0 Å². The number of amides is 1. The molecule has 0 radical (unpaired) electrons. The molecule has 0 bridgehead atoms. The SMILES string of the molecule is CCc1ccccc1CC(=O)NC[C@@H](O)C1CC1. The van der Waals surface area contributed by atoms with Gasteiger partial charge in [-0.2, -0.15) is 0 Å². The van der Waals surface area contributed by atoms with E-state index in [1.807, 2.05) is 18.2 Å². The molecular weight excluding hydrogens is 226 g/mol. The number of aliphatic hydroxyl groups excluding tert-OH is 1. The van der Waals surface area contributed by atoms with E-state index in [1.54, 1.807) is 0 Å². The lowest BCUT2D eigenvalue weighted by atomic mass is 10.0. The third-order valence-electron chi connectivity index (χ3n) is 3.52. The number of aryl methyl sites for hydroxylation is 1. The highest BCUT2D eigenvalue weighted by Crippen LogP contribution is 2.32. The van der Waals surface area contributed by atoms with E-state index in [2.05, 4.69) is 18.3 Å². The van der Waals surface area contributed by atoms with Crippen LogP contribution >= 0.6 is 0 Å². The van der Waals surface area contributed by atoms with Gasteiger partial charge < -0.3 is 10.4 Å². The number of nitrogens with one attached hydrogen (secondary N) is 1. The van der Waals surface area contributed by atoms with Crippen molar-refractivity contribution >= 4 is 5.91 Å². The van der Waals surface area contributed by atoms with Crippen molar-refractivity contribution in [1.82, 2.24) is 5.32 Å². The minimum absolute atomic E-state index is 0.00407. The van der Waals surface area contributed by atoms with Crippen molar-refractivity contribution in [2.24, 2.45) is 5.92 Å². The second-order valence-electron chi connectivity index (χ2n) is 5.01. The number of carbonyl (C=O) groups is 1. The Morgan fingerprint density at radius 3 is 2.67 bits per heavy atom. The van der Waals surface area contributed by atoms with Gasteiger partial charge in [0.25, 0.3) is 0 Å². The minimum atomic E-state index is -0.365. The average Bonchev–Trinajstić information content (AvgIpc) is 3.21. The lowest BCUT2D eigenvalue weighted by Gasteiger charge is -2.12. The summed E-state index contributed by atoms with van der Waals surface area (Å²) >= 11 is 0. The van der Waals surface area contributed by atoms with Crippen LogP contribution in [0.3, 0.4) is 0 Å². The fraction of sp³-hybridized carbons (Fsp3) is 0.533. The van der Waals surface area contributed by atoms with E-state index in [0.29, 0.717) is 18.9 Å². The first-order chi connectivity index (χ1) is 8.70. The van der Waals surface area contributed by atoms with Crippen LogP contribution in [0.15, 0.2) is 24.3 Å². The largest absolute Gasteiger partial charge is 0.391 e. The predicted molar refractivity (Wildman–Crippen MR) is 71.3 cm³/mol. The van der Waals surface area contributed by atoms with Crippen molar-refractivity contribution in [3.63, 3.8) is 0 Å². The summed E-state index contributed by atoms with van der Waals surface area (Å²) in [6.07, 6.45) is 3.16. The molecule has 1 saturated carbocycles. The average molecular weight is 247 g/mol. The molecule has 3 nitrogen and oxygen atoms in total. The van der Waals surface area contributed by atoms with Crippen LogP contribution in [0.2, 0.25) is 0 Å². The van der Waals surface area contributed by atoms with Crippen molar-refractivity contribution < 1.29 is 9.90 Å². The first kappa shape index (κ1) is 13.1. The van der Waals surface area contributed by atoms with Crippen LogP contribution in [0.1, 0.15) is 30.9 Å². The van der Waals surface area contributed by atoms with E-state index < -0.39 is 0 Å². The first-order valence-electron chi connectivity index (χ1n) is 6.72. The third-order valence-corrected chi connectivity index (χ3v) is 3.52. The highest BCUT2D eigenvalue weighted by molar-refractivity contribution is 5.78. The Hall–Kier alpha value is -1.35. The molecule has 2 rings (SSSR count). The van der Waals surface area contributed by atoms with Crippen LogP contribution in [0, 0.1) is 5.92 Å². The highest BCUT2D eigenvalue weighted by atomic mass is 16.3. The number of rotatable bonds is 6. The lowest BCUT2D eigenvalue weighted by molar-refractivity contribution is -0.120. The number of carbonyl (C=O) groups excluding carboxylic acids is 1. The molecule has 1 amide bonds. The Morgan fingerprint density at radius 2 is 2.06 bits per heavy atom. The zero-order chi connectivity index (χ0) is 13.0. The molecule has 0 saturated heterocycles. The maximum absolute atomic E-state index is 11.8. The third kappa shape index (κ3) is 3.57. The molecule has 18 heavy (non-hydrogen) atoms. The van der Waals surface area contributed by atoms with Crippen LogP contribution < -0.4 is 5.32 Å². The van der Waals surface area contributed by atoms with Gasteiger partial charge in [0.15, 0.2) is 0 Å². The molecule has 0 unspecified atom stereocenters. The predicted octanol–water partition coefficient (Wildman–Crippen LogP) is 1.68. The summed E-state index contributed by atoms with van der Waals surface area (Å²) < 4.78 is 0. The summed E-state index contributed by atoms with van der Waals surface area (Å²) in [4.78, 5) is 11.8. The second-order valence-corrected chi connectivity index (χ2v) is 5.01. The van der Waals surface area contributed by atoms with Gasteiger partial charge in [0, 0.05) is 6.54 Å². The van der Waals surface area contributed by atoms with Gasteiger partial charge in [-0.1, -0.05) is 31.2 Å². The fourth-order valence-corrected chi connectivity index (χ4v) is 2.18. The van der Waals surface area contributed by atoms with Crippen LogP contribution in [0.4, 0.5) is 0 Å². The quantitative estimate of drug-likeness (QED) is 0.803. The number of aliphatic hydroxyl groups is 1. The van der Waals surface area contributed by atoms with E-state index in [9.17, 15) is 9.90 Å². The Kier molecular flexibility index (Phi) is 4.37. The first-order valence-corrected chi connectivity index (χ1v) is 6.72. The summed E-state index contributed by atoms with van der Waals surface area (Å²) in [5, 5.41) is 12.5. The van der Waals surface area contributed by atoms with Crippen molar-refractivity contribution in [3.8, 4) is 0 Å².